The smallest absolute Gasteiger partial charge is 0.295 e. The molecule has 0 aromatic carbocycles. The highest BCUT2D eigenvalue weighted by Crippen LogP contribution is 2.40. The number of morpholine rings is 1. The number of quaternary nitrogens is 1. The van der Waals surface area contributed by atoms with Gasteiger partial charge in [0.05, 0.1) is 25.8 Å². The van der Waals surface area contributed by atoms with Crippen LogP contribution in [0.25, 0.3) is 5.76 Å². The highest BCUT2D eigenvalue weighted by atomic mass is 32.1. The van der Waals surface area contributed by atoms with Crippen LogP contribution in [-0.4, -0.2) is 61.0 Å². The zero-order valence-corrected chi connectivity index (χ0v) is 16.8. The summed E-state index contributed by atoms with van der Waals surface area (Å²) >= 11 is 1.45. The zero-order chi connectivity index (χ0) is 20.2. The molecule has 1 atom stereocenters. The third kappa shape index (κ3) is 4.10. The number of carbonyl (C=O) groups excluding carboxylic acids is 2. The molecule has 8 heteroatoms. The number of ketones is 1. The maximum atomic E-state index is 13.1. The minimum absolute atomic E-state index is 0.0439. The van der Waals surface area contributed by atoms with E-state index in [2.05, 4.69) is 4.98 Å². The van der Waals surface area contributed by atoms with Gasteiger partial charge >= 0.3 is 0 Å². The van der Waals surface area contributed by atoms with Crippen molar-refractivity contribution in [3.8, 4) is 0 Å². The SMILES string of the molecule is O=C1C(=O)N(CCC[NH+]2CCOCC2)C(c2cccs2)C1=C([O-])c1ccncc1. The predicted octanol–water partition coefficient (Wildman–Crippen LogP) is -0.328. The first-order chi connectivity index (χ1) is 14.2. The van der Waals surface area contributed by atoms with Crippen molar-refractivity contribution in [3.05, 3.63) is 58.1 Å². The molecule has 4 heterocycles. The van der Waals surface area contributed by atoms with Crippen molar-refractivity contribution in [1.29, 1.82) is 0 Å². The minimum atomic E-state index is -0.691. The average Bonchev–Trinajstić information content (AvgIpc) is 3.37. The molecule has 2 aliphatic rings. The van der Waals surface area contributed by atoms with Crippen LogP contribution >= 0.6 is 11.3 Å². The highest BCUT2D eigenvalue weighted by Gasteiger charge is 2.44. The second kappa shape index (κ2) is 8.86. The molecular weight excluding hydrogens is 390 g/mol. The van der Waals surface area contributed by atoms with Crippen molar-refractivity contribution < 1.29 is 24.3 Å². The highest BCUT2D eigenvalue weighted by molar-refractivity contribution is 7.10. The normalized spacial score (nSPS) is 22.3. The van der Waals surface area contributed by atoms with Gasteiger partial charge in [0.15, 0.2) is 0 Å². The number of hydrogen-bond donors (Lipinski definition) is 1. The maximum absolute atomic E-state index is 13.1. The van der Waals surface area contributed by atoms with E-state index < -0.39 is 23.5 Å². The molecule has 7 nitrogen and oxygen atoms in total. The molecule has 2 aromatic heterocycles. The van der Waals surface area contributed by atoms with Gasteiger partial charge in [-0.25, -0.2) is 0 Å². The molecule has 0 radical (unpaired) electrons. The van der Waals surface area contributed by atoms with Gasteiger partial charge in [0.25, 0.3) is 5.91 Å². The van der Waals surface area contributed by atoms with Crippen molar-refractivity contribution in [2.45, 2.75) is 12.5 Å². The fourth-order valence-corrected chi connectivity index (χ4v) is 4.76. The number of nitrogens with zero attached hydrogens (tertiary/aromatic N) is 2. The van der Waals surface area contributed by atoms with Crippen LogP contribution in [0, 0.1) is 0 Å². The zero-order valence-electron chi connectivity index (χ0n) is 16.0. The van der Waals surface area contributed by atoms with E-state index >= 15 is 0 Å². The number of pyridine rings is 1. The standard InChI is InChI=1S/C21H23N3O4S/c25-19(15-4-6-22-7-5-15)17-18(16-3-1-14-29-16)24(21(27)20(17)26)9-2-8-23-10-12-28-13-11-23/h1,3-7,14,18,25H,2,8-13H2. The topological polar surface area (TPSA) is 87.0 Å². The Morgan fingerprint density at radius 3 is 2.69 bits per heavy atom. The number of amides is 1. The largest absolute Gasteiger partial charge is 0.872 e. The van der Waals surface area contributed by atoms with Gasteiger partial charge in [0.2, 0.25) is 5.78 Å². The Kier molecular flexibility index (Phi) is 6.03. The summed E-state index contributed by atoms with van der Waals surface area (Å²) in [4.78, 5) is 33.4. The van der Waals surface area contributed by atoms with Gasteiger partial charge in [-0.05, 0) is 29.1 Å². The van der Waals surface area contributed by atoms with Crippen LogP contribution in [0.4, 0.5) is 0 Å². The van der Waals surface area contributed by atoms with Crippen molar-refractivity contribution in [3.63, 3.8) is 0 Å². The summed E-state index contributed by atoms with van der Waals surface area (Å²) in [6.07, 6.45) is 3.79. The number of Topliss-reactive ketones (excluding diaryl/α,β-unsaturated/α-hetero) is 1. The maximum Gasteiger partial charge on any atom is 0.295 e. The molecule has 2 fully saturated rings. The molecule has 0 bridgehead atoms. The van der Waals surface area contributed by atoms with E-state index in [1.54, 1.807) is 17.0 Å². The molecular formula is C21H23N3O4S. The molecule has 29 heavy (non-hydrogen) atoms. The lowest BCUT2D eigenvalue weighted by Crippen LogP contribution is -3.14. The third-order valence-corrected chi connectivity index (χ3v) is 6.34. The number of hydrogen-bond acceptors (Lipinski definition) is 6. The number of aromatic nitrogens is 1. The number of rotatable bonds is 6. The molecule has 0 spiro atoms. The van der Waals surface area contributed by atoms with Gasteiger partial charge in [-0.1, -0.05) is 11.8 Å². The lowest BCUT2D eigenvalue weighted by Gasteiger charge is -2.28. The Hall–Kier alpha value is -2.55. The van der Waals surface area contributed by atoms with E-state index in [-0.39, 0.29) is 5.57 Å². The molecule has 4 rings (SSSR count). The van der Waals surface area contributed by atoms with E-state index in [4.69, 9.17) is 4.74 Å². The number of ether oxygens (including phenoxy) is 1. The summed E-state index contributed by atoms with van der Waals surface area (Å²) in [5.41, 5.74) is 0.416. The van der Waals surface area contributed by atoms with Gasteiger partial charge in [-0.2, -0.15) is 0 Å². The lowest BCUT2D eigenvalue weighted by atomic mass is 10.0. The molecule has 2 aromatic rings. The van der Waals surface area contributed by atoms with Gasteiger partial charge in [-0.3, -0.25) is 14.6 Å². The van der Waals surface area contributed by atoms with E-state index in [9.17, 15) is 14.7 Å². The van der Waals surface area contributed by atoms with Gasteiger partial charge in [0, 0.05) is 35.8 Å². The predicted molar refractivity (Wildman–Crippen MR) is 106 cm³/mol. The molecule has 1 amide bonds. The monoisotopic (exact) mass is 413 g/mol. The van der Waals surface area contributed by atoms with Gasteiger partial charge in [0.1, 0.15) is 13.1 Å². The molecule has 1 unspecified atom stereocenters. The Morgan fingerprint density at radius 2 is 2.00 bits per heavy atom. The summed E-state index contributed by atoms with van der Waals surface area (Å²) in [7, 11) is 0. The van der Waals surface area contributed by atoms with Crippen molar-refractivity contribution in [1.82, 2.24) is 9.88 Å². The van der Waals surface area contributed by atoms with Crippen molar-refractivity contribution >= 4 is 28.8 Å². The number of nitrogens with one attached hydrogen (secondary N) is 1. The number of carbonyl (C=O) groups is 2. The molecule has 1 N–H and O–H groups in total. The quantitative estimate of drug-likeness (QED) is 0.398. The first kappa shape index (κ1) is 19.8. The molecule has 0 saturated carbocycles. The summed E-state index contributed by atoms with van der Waals surface area (Å²) in [5, 5.41) is 15.0. The molecule has 0 aliphatic carbocycles. The minimum Gasteiger partial charge on any atom is -0.872 e. The lowest BCUT2D eigenvalue weighted by molar-refractivity contribution is -0.908. The fourth-order valence-electron chi connectivity index (χ4n) is 3.91. The summed E-state index contributed by atoms with van der Waals surface area (Å²) in [5.74, 6) is -1.67. The van der Waals surface area contributed by atoms with E-state index in [0.717, 1.165) is 44.1 Å². The molecule has 2 aliphatic heterocycles. The van der Waals surface area contributed by atoms with Crippen LogP contribution in [-0.2, 0) is 14.3 Å². The van der Waals surface area contributed by atoms with E-state index in [0.29, 0.717) is 12.1 Å². The Morgan fingerprint density at radius 1 is 1.24 bits per heavy atom. The third-order valence-electron chi connectivity index (χ3n) is 5.41. The van der Waals surface area contributed by atoms with Crippen LogP contribution in [0.1, 0.15) is 22.9 Å². The first-order valence-electron chi connectivity index (χ1n) is 9.78. The van der Waals surface area contributed by atoms with Crippen LogP contribution in [0.2, 0.25) is 0 Å². The first-order valence-corrected chi connectivity index (χ1v) is 10.7. The second-order valence-electron chi connectivity index (χ2n) is 7.19. The van der Waals surface area contributed by atoms with E-state index in [1.807, 2.05) is 17.5 Å². The van der Waals surface area contributed by atoms with E-state index in [1.165, 1.54) is 28.6 Å². The Balaban J connectivity index is 1.60. The second-order valence-corrected chi connectivity index (χ2v) is 8.17. The van der Waals surface area contributed by atoms with Crippen LogP contribution in [0.5, 0.6) is 0 Å². The van der Waals surface area contributed by atoms with Crippen LogP contribution in [0.15, 0.2) is 47.6 Å². The van der Waals surface area contributed by atoms with Crippen LogP contribution < -0.4 is 10.0 Å². The Labute approximate surface area is 173 Å². The summed E-state index contributed by atoms with van der Waals surface area (Å²) in [6, 6.07) is 6.28. The van der Waals surface area contributed by atoms with Crippen LogP contribution in [0.3, 0.4) is 0 Å². The molecule has 2 saturated heterocycles. The van der Waals surface area contributed by atoms with Crippen molar-refractivity contribution in [2.75, 3.05) is 39.4 Å². The summed E-state index contributed by atoms with van der Waals surface area (Å²) in [6.45, 7) is 4.79. The number of thiophene rings is 1. The summed E-state index contributed by atoms with van der Waals surface area (Å²) < 4.78 is 5.39. The Bertz CT molecular complexity index is 892. The number of likely N-dealkylation sites (tertiary alicyclic amines) is 1. The van der Waals surface area contributed by atoms with Crippen molar-refractivity contribution in [2.24, 2.45) is 0 Å². The molecule has 152 valence electrons. The average molecular weight is 413 g/mol. The van der Waals surface area contributed by atoms with Gasteiger partial charge < -0.3 is 19.6 Å². The fraction of sp³-hybridized carbons (Fsp3) is 0.381. The van der Waals surface area contributed by atoms with Gasteiger partial charge in [-0.15, -0.1) is 11.3 Å².